The van der Waals surface area contributed by atoms with Gasteiger partial charge in [0.25, 0.3) is 0 Å². The van der Waals surface area contributed by atoms with Crippen LogP contribution in [-0.2, 0) is 9.59 Å². The van der Waals surface area contributed by atoms with Gasteiger partial charge in [0.2, 0.25) is 11.8 Å². The van der Waals surface area contributed by atoms with Gasteiger partial charge in [-0.25, -0.2) is 4.90 Å². The Balaban J connectivity index is 1.45. The molecule has 1 saturated heterocycles. The zero-order valence-electron chi connectivity index (χ0n) is 15.5. The molecule has 2 aromatic rings. The van der Waals surface area contributed by atoms with E-state index < -0.39 is 0 Å². The van der Waals surface area contributed by atoms with E-state index in [2.05, 4.69) is 12.2 Å². The van der Waals surface area contributed by atoms with Crippen LogP contribution in [0.3, 0.4) is 0 Å². The molecule has 4 nitrogen and oxygen atoms in total. The number of carbonyl (C=O) groups is 3. The Kier molecular flexibility index (Phi) is 3.49. The molecule has 2 saturated carbocycles. The Morgan fingerprint density at radius 2 is 1.52 bits per heavy atom. The first kappa shape index (κ1) is 17.2. The predicted octanol–water partition coefficient (Wildman–Crippen LogP) is 4.13. The first-order valence-corrected chi connectivity index (χ1v) is 10.4. The van der Waals surface area contributed by atoms with Crippen molar-refractivity contribution < 1.29 is 14.4 Å². The highest BCUT2D eigenvalue weighted by Gasteiger charge is 2.67. The Labute approximate surface area is 173 Å². The molecule has 1 aliphatic heterocycles. The molecule has 0 radical (unpaired) electrons. The normalized spacial score (nSPS) is 33.6. The second kappa shape index (κ2) is 5.90. The molecule has 7 rings (SSSR count). The number of hydrogen-bond donors (Lipinski definition) is 0. The lowest BCUT2D eigenvalue weighted by molar-refractivity contribution is -0.124. The summed E-state index contributed by atoms with van der Waals surface area (Å²) in [5, 5.41) is 0.396. The van der Waals surface area contributed by atoms with Gasteiger partial charge in [-0.3, -0.25) is 14.4 Å². The third-order valence-corrected chi connectivity index (χ3v) is 7.38. The van der Waals surface area contributed by atoms with Crippen LogP contribution in [0.1, 0.15) is 22.3 Å². The number of halogens is 1. The molecule has 0 spiro atoms. The van der Waals surface area contributed by atoms with E-state index >= 15 is 0 Å². The largest absolute Gasteiger partial charge is 0.289 e. The van der Waals surface area contributed by atoms with Gasteiger partial charge in [0.15, 0.2) is 5.78 Å². The van der Waals surface area contributed by atoms with Crippen molar-refractivity contribution in [3.63, 3.8) is 0 Å². The van der Waals surface area contributed by atoms with Crippen LogP contribution < -0.4 is 4.90 Å². The minimum Gasteiger partial charge on any atom is -0.289 e. The van der Waals surface area contributed by atoms with E-state index in [1.807, 2.05) is 6.07 Å². The molecule has 144 valence electrons. The topological polar surface area (TPSA) is 54.5 Å². The van der Waals surface area contributed by atoms with Crippen LogP contribution in [0.15, 0.2) is 60.7 Å². The summed E-state index contributed by atoms with van der Waals surface area (Å²) in [4.78, 5) is 41.3. The van der Waals surface area contributed by atoms with Crippen molar-refractivity contribution in [1.82, 2.24) is 0 Å². The summed E-state index contributed by atoms with van der Waals surface area (Å²) in [6.45, 7) is 0. The number of hydrogen-bond acceptors (Lipinski definition) is 3. The monoisotopic (exact) mass is 403 g/mol. The Bertz CT molecular complexity index is 1070. The predicted molar refractivity (Wildman–Crippen MR) is 109 cm³/mol. The molecule has 6 atom stereocenters. The number of anilines is 1. The second-order valence-corrected chi connectivity index (χ2v) is 8.96. The SMILES string of the molecule is O=C(c1ccccc1)c1cc(Cl)ccc1N1C(=O)[C@@H]2[C@@H]3C=C[C@H]([C@@H]4C[C@H]34)[C@@H]2C1=O. The minimum absolute atomic E-state index is 0.150. The van der Waals surface area contributed by atoms with Crippen LogP contribution in [0, 0.1) is 35.5 Å². The van der Waals surface area contributed by atoms with Crippen molar-refractivity contribution in [2.75, 3.05) is 4.90 Å². The van der Waals surface area contributed by atoms with Gasteiger partial charge in [-0.05, 0) is 48.3 Å². The van der Waals surface area contributed by atoms with Crippen LogP contribution in [0.5, 0.6) is 0 Å². The first-order chi connectivity index (χ1) is 14.1. The van der Waals surface area contributed by atoms with Crippen molar-refractivity contribution in [2.24, 2.45) is 35.5 Å². The number of carbonyl (C=O) groups excluding carboxylic acids is 3. The molecule has 0 unspecified atom stereocenters. The Morgan fingerprint density at radius 1 is 0.897 bits per heavy atom. The summed E-state index contributed by atoms with van der Waals surface area (Å²) in [6, 6.07) is 13.7. The average Bonchev–Trinajstić information content (AvgIpc) is 3.52. The summed E-state index contributed by atoms with van der Waals surface area (Å²) >= 11 is 6.18. The van der Waals surface area contributed by atoms with Crippen molar-refractivity contribution in [2.45, 2.75) is 6.42 Å². The quantitative estimate of drug-likeness (QED) is 0.440. The maximum Gasteiger partial charge on any atom is 0.238 e. The lowest BCUT2D eigenvalue weighted by Gasteiger charge is -2.37. The van der Waals surface area contributed by atoms with Gasteiger partial charge in [0.05, 0.1) is 17.5 Å². The van der Waals surface area contributed by atoms with Gasteiger partial charge >= 0.3 is 0 Å². The smallest absolute Gasteiger partial charge is 0.238 e. The van der Waals surface area contributed by atoms with Crippen molar-refractivity contribution in [1.29, 1.82) is 0 Å². The summed E-state index contributed by atoms with van der Waals surface area (Å²) in [6.07, 6.45) is 5.41. The Morgan fingerprint density at radius 3 is 2.14 bits per heavy atom. The number of nitrogens with zero attached hydrogens (tertiary/aromatic N) is 1. The standard InChI is InChI=1S/C24H18ClNO3/c25-13-6-9-19(18(10-13)22(27)12-4-2-1-3-5-12)26-23(28)20-14-7-8-15(17-11-16(14)17)21(20)24(26)29/h1-10,14-17,20-21H,11H2/t14-,15-,16-,17+,20-,21+/m1/s1. The molecular weight excluding hydrogens is 386 g/mol. The fourth-order valence-corrected chi connectivity index (χ4v) is 6.00. The molecular formula is C24H18ClNO3. The van der Waals surface area contributed by atoms with E-state index in [-0.39, 0.29) is 46.8 Å². The average molecular weight is 404 g/mol. The molecule has 2 bridgehead atoms. The van der Waals surface area contributed by atoms with E-state index in [0.29, 0.717) is 28.1 Å². The van der Waals surface area contributed by atoms with Gasteiger partial charge in [0, 0.05) is 16.1 Å². The van der Waals surface area contributed by atoms with Gasteiger partial charge in [-0.2, -0.15) is 0 Å². The highest BCUT2D eigenvalue weighted by atomic mass is 35.5. The fourth-order valence-electron chi connectivity index (χ4n) is 5.82. The number of ketones is 1. The summed E-state index contributed by atoms with van der Waals surface area (Å²) in [5.41, 5.74) is 1.13. The highest BCUT2D eigenvalue weighted by molar-refractivity contribution is 6.32. The lowest BCUT2D eigenvalue weighted by Crippen LogP contribution is -2.40. The van der Waals surface area contributed by atoms with Gasteiger partial charge in [-0.15, -0.1) is 0 Å². The number of allylic oxidation sites excluding steroid dienone is 2. The first-order valence-electron chi connectivity index (χ1n) is 10.0. The fraction of sp³-hybridized carbons (Fsp3) is 0.292. The van der Waals surface area contributed by atoms with Crippen LogP contribution in [-0.4, -0.2) is 17.6 Å². The van der Waals surface area contributed by atoms with Crippen molar-refractivity contribution in [3.8, 4) is 0 Å². The molecule has 29 heavy (non-hydrogen) atoms. The van der Waals surface area contributed by atoms with Crippen molar-refractivity contribution in [3.05, 3.63) is 76.8 Å². The van der Waals surface area contributed by atoms with Crippen molar-refractivity contribution >= 4 is 34.9 Å². The highest BCUT2D eigenvalue weighted by Crippen LogP contribution is 2.65. The van der Waals surface area contributed by atoms with E-state index in [1.165, 1.54) is 4.90 Å². The van der Waals surface area contributed by atoms with Gasteiger partial charge in [0.1, 0.15) is 0 Å². The number of rotatable bonds is 3. The lowest BCUT2D eigenvalue weighted by atomic mass is 9.63. The third-order valence-electron chi connectivity index (χ3n) is 7.14. The molecule has 3 fully saturated rings. The molecule has 0 N–H and O–H groups in total. The molecule has 2 amide bonds. The van der Waals surface area contributed by atoms with E-state index in [4.69, 9.17) is 11.6 Å². The third kappa shape index (κ3) is 2.29. The van der Waals surface area contributed by atoms with Crippen LogP contribution >= 0.6 is 11.6 Å². The minimum atomic E-state index is -0.295. The molecule has 2 aromatic carbocycles. The van der Waals surface area contributed by atoms with Crippen LogP contribution in [0.25, 0.3) is 0 Å². The summed E-state index contributed by atoms with van der Waals surface area (Å²) < 4.78 is 0. The van der Waals surface area contributed by atoms with E-state index in [9.17, 15) is 14.4 Å². The molecule has 5 heteroatoms. The van der Waals surface area contributed by atoms with Crippen LogP contribution in [0.2, 0.25) is 5.02 Å². The number of benzene rings is 2. The summed E-state index contributed by atoms with van der Waals surface area (Å²) in [7, 11) is 0. The maximum atomic E-state index is 13.4. The maximum absolute atomic E-state index is 13.4. The number of amides is 2. The zero-order valence-corrected chi connectivity index (χ0v) is 16.3. The zero-order chi connectivity index (χ0) is 19.9. The summed E-state index contributed by atoms with van der Waals surface area (Å²) in [5.74, 6) is 0.199. The number of imide groups is 1. The molecule has 0 aromatic heterocycles. The molecule has 5 aliphatic rings. The molecule has 1 heterocycles. The van der Waals surface area contributed by atoms with E-state index in [1.54, 1.807) is 42.5 Å². The van der Waals surface area contributed by atoms with Crippen LogP contribution in [0.4, 0.5) is 5.69 Å². The van der Waals surface area contributed by atoms with E-state index in [0.717, 1.165) is 6.42 Å². The van der Waals surface area contributed by atoms with Gasteiger partial charge < -0.3 is 0 Å². The Hall–Kier alpha value is -2.72. The molecule has 4 aliphatic carbocycles. The van der Waals surface area contributed by atoms with Gasteiger partial charge in [-0.1, -0.05) is 54.1 Å². The second-order valence-electron chi connectivity index (χ2n) is 8.52.